The van der Waals surface area contributed by atoms with E-state index in [-0.39, 0.29) is 11.5 Å². The molecule has 0 unspecified atom stereocenters. The number of thiophene rings is 1. The molecule has 34 heavy (non-hydrogen) atoms. The van der Waals surface area contributed by atoms with E-state index in [2.05, 4.69) is 47.1 Å². The van der Waals surface area contributed by atoms with Crippen LogP contribution in [0.4, 0.5) is 5.69 Å². The highest BCUT2D eigenvalue weighted by molar-refractivity contribution is 7.17. The molecule has 1 fully saturated rings. The van der Waals surface area contributed by atoms with E-state index in [0.717, 1.165) is 43.9 Å². The van der Waals surface area contributed by atoms with E-state index in [1.54, 1.807) is 4.57 Å². The van der Waals surface area contributed by atoms with E-state index in [9.17, 15) is 9.59 Å². The molecule has 0 bridgehead atoms. The summed E-state index contributed by atoms with van der Waals surface area (Å²) in [4.78, 5) is 30.2. The zero-order valence-electron chi connectivity index (χ0n) is 20.0. The second-order valence-electron chi connectivity index (χ2n) is 9.00. The highest BCUT2D eigenvalue weighted by atomic mass is 32.1. The fraction of sp³-hybridized carbons (Fsp3) is 0.440. The second kappa shape index (κ2) is 9.21. The number of hydrogen-bond donors (Lipinski definition) is 0. The van der Waals surface area contributed by atoms with Crippen molar-refractivity contribution in [1.82, 2.24) is 24.1 Å². The van der Waals surface area contributed by atoms with Crippen molar-refractivity contribution in [2.75, 3.05) is 31.1 Å². The van der Waals surface area contributed by atoms with E-state index in [4.69, 9.17) is 0 Å². The third-order valence-electron chi connectivity index (χ3n) is 6.61. The molecule has 1 aliphatic heterocycles. The number of carbonyl (C=O) groups is 1. The molecule has 0 radical (unpaired) electrons. The molecule has 1 amide bonds. The van der Waals surface area contributed by atoms with Gasteiger partial charge in [-0.3, -0.25) is 18.6 Å². The summed E-state index contributed by atoms with van der Waals surface area (Å²) in [7, 11) is 0. The fourth-order valence-electron chi connectivity index (χ4n) is 4.90. The Morgan fingerprint density at radius 3 is 2.62 bits per heavy atom. The van der Waals surface area contributed by atoms with Crippen LogP contribution in [0.25, 0.3) is 16.0 Å². The highest BCUT2D eigenvalue weighted by Crippen LogP contribution is 2.23. The predicted octanol–water partition coefficient (Wildman–Crippen LogP) is 3.41. The van der Waals surface area contributed by atoms with Gasteiger partial charge in [-0.05, 0) is 43.3 Å². The maximum absolute atomic E-state index is 13.0. The van der Waals surface area contributed by atoms with Crippen LogP contribution in [-0.4, -0.2) is 56.2 Å². The van der Waals surface area contributed by atoms with Crippen LogP contribution >= 0.6 is 11.3 Å². The van der Waals surface area contributed by atoms with Crippen molar-refractivity contribution in [2.24, 2.45) is 0 Å². The lowest BCUT2D eigenvalue weighted by molar-refractivity contribution is -0.131. The second-order valence-corrected chi connectivity index (χ2v) is 9.92. The summed E-state index contributed by atoms with van der Waals surface area (Å²) in [5, 5.41) is 10.6. The summed E-state index contributed by atoms with van der Waals surface area (Å²) in [6, 6.07) is 8.47. The molecule has 178 valence electrons. The Hall–Kier alpha value is -3.20. The van der Waals surface area contributed by atoms with Gasteiger partial charge in [0.15, 0.2) is 0 Å². The zero-order valence-corrected chi connectivity index (χ0v) is 20.8. The van der Waals surface area contributed by atoms with E-state index in [0.29, 0.717) is 29.9 Å². The van der Waals surface area contributed by atoms with E-state index in [1.807, 2.05) is 27.7 Å². The van der Waals surface area contributed by atoms with Crippen LogP contribution in [0.15, 0.2) is 34.4 Å². The molecule has 0 atom stereocenters. The molecule has 0 aliphatic carbocycles. The minimum absolute atomic E-state index is 0.0175. The molecule has 3 aromatic heterocycles. The Kier molecular flexibility index (Phi) is 6.12. The number of rotatable bonds is 6. The number of benzene rings is 1. The number of fused-ring (bicyclic) bond motifs is 3. The van der Waals surface area contributed by atoms with Crippen molar-refractivity contribution >= 4 is 38.9 Å². The number of piperazine rings is 1. The summed E-state index contributed by atoms with van der Waals surface area (Å²) in [5.74, 6) is 1.42. The molecule has 4 aromatic rings. The van der Waals surface area contributed by atoms with Gasteiger partial charge in [-0.15, -0.1) is 21.5 Å². The predicted molar refractivity (Wildman–Crippen MR) is 136 cm³/mol. The van der Waals surface area contributed by atoms with Gasteiger partial charge in [0.1, 0.15) is 10.5 Å². The lowest BCUT2D eigenvalue weighted by Gasteiger charge is -2.37. The first-order chi connectivity index (χ1) is 16.5. The van der Waals surface area contributed by atoms with Crippen LogP contribution in [0.5, 0.6) is 0 Å². The van der Waals surface area contributed by atoms with Gasteiger partial charge in [-0.25, -0.2) is 0 Å². The third-order valence-corrected chi connectivity index (χ3v) is 7.51. The van der Waals surface area contributed by atoms with Crippen LogP contribution in [0.1, 0.15) is 36.7 Å². The van der Waals surface area contributed by atoms with E-state index < -0.39 is 0 Å². The van der Waals surface area contributed by atoms with Crippen LogP contribution in [0, 0.1) is 13.8 Å². The summed E-state index contributed by atoms with van der Waals surface area (Å²) in [5.41, 5.74) is 4.61. The Morgan fingerprint density at radius 1 is 1.09 bits per heavy atom. The number of amides is 1. The highest BCUT2D eigenvalue weighted by Gasteiger charge is 2.23. The van der Waals surface area contributed by atoms with Gasteiger partial charge in [-0.1, -0.05) is 24.6 Å². The van der Waals surface area contributed by atoms with E-state index in [1.165, 1.54) is 28.2 Å². The van der Waals surface area contributed by atoms with Gasteiger partial charge in [-0.2, -0.15) is 0 Å². The first-order valence-electron chi connectivity index (χ1n) is 11.9. The molecule has 0 spiro atoms. The Morgan fingerprint density at radius 2 is 1.88 bits per heavy atom. The maximum Gasteiger partial charge on any atom is 0.272 e. The molecular formula is C25H30N6O2S. The lowest BCUT2D eigenvalue weighted by Crippen LogP contribution is -2.49. The quantitative estimate of drug-likeness (QED) is 0.425. The standard InChI is InChI=1S/C25H30N6O2S/c1-4-10-30-24(33)23-20(9-15-34-23)31-21(26-27-25(30)31)7-8-22(32)29-13-11-28(12-14-29)19-6-5-17(2)16-18(19)3/h5-6,9,15-16H,4,7-8,10-14H2,1-3H3. The number of aromatic nitrogens is 4. The first kappa shape index (κ1) is 22.6. The van der Waals surface area contributed by atoms with Crippen molar-refractivity contribution in [1.29, 1.82) is 0 Å². The Bertz CT molecular complexity index is 1410. The average molecular weight is 479 g/mol. The molecule has 8 nitrogen and oxygen atoms in total. The van der Waals surface area contributed by atoms with Gasteiger partial charge >= 0.3 is 0 Å². The average Bonchev–Trinajstić information content (AvgIpc) is 3.48. The number of aryl methyl sites for hydroxylation is 4. The van der Waals surface area contributed by atoms with Crippen molar-refractivity contribution in [2.45, 2.75) is 46.6 Å². The van der Waals surface area contributed by atoms with Crippen molar-refractivity contribution in [3.05, 3.63) is 57.0 Å². The lowest BCUT2D eigenvalue weighted by atomic mass is 10.1. The number of anilines is 1. The minimum atomic E-state index is -0.0175. The maximum atomic E-state index is 13.0. The number of carbonyl (C=O) groups excluding carboxylic acids is 1. The van der Waals surface area contributed by atoms with E-state index >= 15 is 0 Å². The van der Waals surface area contributed by atoms with Crippen molar-refractivity contribution in [3.63, 3.8) is 0 Å². The topological polar surface area (TPSA) is 75.7 Å². The summed E-state index contributed by atoms with van der Waals surface area (Å²) in [6.45, 7) is 10.0. The molecule has 1 aliphatic rings. The third kappa shape index (κ3) is 3.98. The Balaban J connectivity index is 1.29. The van der Waals surface area contributed by atoms with Crippen molar-refractivity contribution in [3.8, 4) is 0 Å². The largest absolute Gasteiger partial charge is 0.368 e. The van der Waals surface area contributed by atoms with Gasteiger partial charge < -0.3 is 9.80 Å². The number of hydrogen-bond acceptors (Lipinski definition) is 6. The molecular weight excluding hydrogens is 448 g/mol. The van der Waals surface area contributed by atoms with Crippen LogP contribution < -0.4 is 10.5 Å². The molecule has 9 heteroatoms. The van der Waals surface area contributed by atoms with Crippen LogP contribution in [0.3, 0.4) is 0 Å². The normalized spacial score (nSPS) is 14.4. The summed E-state index contributed by atoms with van der Waals surface area (Å²) >= 11 is 1.44. The Labute approximate surface area is 202 Å². The molecule has 1 aromatic carbocycles. The minimum Gasteiger partial charge on any atom is -0.368 e. The van der Waals surface area contributed by atoms with Gasteiger partial charge in [0, 0.05) is 51.3 Å². The molecule has 0 N–H and O–H groups in total. The van der Waals surface area contributed by atoms with Gasteiger partial charge in [0.2, 0.25) is 11.7 Å². The molecule has 5 rings (SSSR count). The first-order valence-corrected chi connectivity index (χ1v) is 12.8. The van der Waals surface area contributed by atoms with Gasteiger partial charge in [0.25, 0.3) is 5.56 Å². The molecule has 1 saturated heterocycles. The monoisotopic (exact) mass is 478 g/mol. The molecule has 4 heterocycles. The summed E-state index contributed by atoms with van der Waals surface area (Å²) < 4.78 is 4.36. The zero-order chi connectivity index (χ0) is 23.8. The molecule has 0 saturated carbocycles. The number of nitrogens with zero attached hydrogens (tertiary/aromatic N) is 6. The van der Waals surface area contributed by atoms with Crippen LogP contribution in [-0.2, 0) is 17.8 Å². The SMILES string of the molecule is CCCn1c(=O)c2sccc2n2c(CCC(=O)N3CCN(c4ccc(C)cc4C)CC3)nnc12. The smallest absolute Gasteiger partial charge is 0.272 e. The van der Waals surface area contributed by atoms with Gasteiger partial charge in [0.05, 0.1) is 5.52 Å². The van der Waals surface area contributed by atoms with Crippen molar-refractivity contribution < 1.29 is 4.79 Å². The summed E-state index contributed by atoms with van der Waals surface area (Å²) in [6.07, 6.45) is 1.71. The van der Waals surface area contributed by atoms with Crippen LogP contribution in [0.2, 0.25) is 0 Å². The fourth-order valence-corrected chi connectivity index (χ4v) is 5.73.